The second kappa shape index (κ2) is 6.12. The summed E-state index contributed by atoms with van der Waals surface area (Å²) in [6, 6.07) is 10.5. The van der Waals surface area contributed by atoms with Gasteiger partial charge >= 0.3 is 6.18 Å². The molecular weight excluding hydrogens is 307 g/mol. The van der Waals surface area contributed by atoms with Crippen molar-refractivity contribution >= 4 is 0 Å². The molecule has 0 radical (unpaired) electrons. The number of aryl methyl sites for hydroxylation is 1. The van der Waals surface area contributed by atoms with E-state index in [4.69, 9.17) is 15.2 Å². The first kappa shape index (κ1) is 15.7. The predicted octanol–water partition coefficient (Wildman–Crippen LogP) is 4.07. The Kier molecular flexibility index (Phi) is 4.17. The Bertz CT molecular complexity index is 683. The minimum atomic E-state index is -4.30. The Hall–Kier alpha value is -2.21. The van der Waals surface area contributed by atoms with E-state index in [9.17, 15) is 13.2 Å². The average molecular weight is 323 g/mol. The summed E-state index contributed by atoms with van der Waals surface area (Å²) in [4.78, 5) is 0. The Labute approximate surface area is 131 Å². The molecule has 0 amide bonds. The van der Waals surface area contributed by atoms with Crippen LogP contribution in [0.25, 0.3) is 0 Å². The molecule has 0 fully saturated rings. The minimum absolute atomic E-state index is 0.208. The number of rotatable bonds is 4. The largest absolute Gasteiger partial charge is 0.454 e. The zero-order valence-corrected chi connectivity index (χ0v) is 12.3. The molecule has 1 atom stereocenters. The Morgan fingerprint density at radius 2 is 1.70 bits per heavy atom. The van der Waals surface area contributed by atoms with Gasteiger partial charge in [0.1, 0.15) is 0 Å². The molecule has 0 saturated heterocycles. The third-order valence-corrected chi connectivity index (χ3v) is 3.85. The molecule has 2 N–H and O–H groups in total. The summed E-state index contributed by atoms with van der Waals surface area (Å²) in [6.45, 7) is 0.208. The van der Waals surface area contributed by atoms with Crippen LogP contribution in [0.1, 0.15) is 29.2 Å². The number of hydrogen-bond acceptors (Lipinski definition) is 3. The van der Waals surface area contributed by atoms with Crippen molar-refractivity contribution in [2.45, 2.75) is 25.1 Å². The SMILES string of the molecule is NC(CCc1ccc(C(F)(F)F)cc1)c1ccc2c(c1)OCO2. The number of nitrogens with two attached hydrogens (primary N) is 1. The smallest absolute Gasteiger partial charge is 0.416 e. The van der Waals surface area contributed by atoms with Crippen molar-refractivity contribution in [2.24, 2.45) is 5.73 Å². The van der Waals surface area contributed by atoms with Crippen LogP contribution in [0.5, 0.6) is 11.5 Å². The van der Waals surface area contributed by atoms with Crippen molar-refractivity contribution in [2.75, 3.05) is 6.79 Å². The summed E-state index contributed by atoms with van der Waals surface area (Å²) in [5, 5.41) is 0. The lowest BCUT2D eigenvalue weighted by atomic mass is 9.99. The maximum absolute atomic E-state index is 12.5. The van der Waals surface area contributed by atoms with Crippen molar-refractivity contribution in [1.82, 2.24) is 0 Å². The van der Waals surface area contributed by atoms with E-state index >= 15 is 0 Å². The highest BCUT2D eigenvalue weighted by Crippen LogP contribution is 2.34. The van der Waals surface area contributed by atoms with Crippen LogP contribution < -0.4 is 15.2 Å². The molecule has 2 aromatic rings. The van der Waals surface area contributed by atoms with Crippen LogP contribution in [0.3, 0.4) is 0 Å². The van der Waals surface area contributed by atoms with Gasteiger partial charge in [-0.1, -0.05) is 18.2 Å². The topological polar surface area (TPSA) is 44.5 Å². The van der Waals surface area contributed by atoms with Gasteiger partial charge in [-0.15, -0.1) is 0 Å². The van der Waals surface area contributed by atoms with Gasteiger partial charge in [-0.05, 0) is 48.2 Å². The van der Waals surface area contributed by atoms with Crippen LogP contribution >= 0.6 is 0 Å². The predicted molar refractivity (Wildman–Crippen MR) is 79.3 cm³/mol. The van der Waals surface area contributed by atoms with E-state index in [1.165, 1.54) is 12.1 Å². The minimum Gasteiger partial charge on any atom is -0.454 e. The van der Waals surface area contributed by atoms with Gasteiger partial charge in [0.05, 0.1) is 5.56 Å². The van der Waals surface area contributed by atoms with Crippen molar-refractivity contribution in [3.8, 4) is 11.5 Å². The van der Waals surface area contributed by atoms with Gasteiger partial charge in [-0.3, -0.25) is 0 Å². The molecule has 0 aromatic heterocycles. The highest BCUT2D eigenvalue weighted by atomic mass is 19.4. The molecule has 3 rings (SSSR count). The van der Waals surface area contributed by atoms with Crippen LogP contribution in [0.15, 0.2) is 42.5 Å². The molecule has 0 saturated carbocycles. The fourth-order valence-electron chi connectivity index (χ4n) is 2.49. The average Bonchev–Trinajstić information content (AvgIpc) is 2.99. The van der Waals surface area contributed by atoms with E-state index in [1.54, 1.807) is 0 Å². The molecular formula is C17H16F3NO2. The first-order chi connectivity index (χ1) is 10.9. The molecule has 23 heavy (non-hydrogen) atoms. The lowest BCUT2D eigenvalue weighted by Crippen LogP contribution is -2.11. The first-order valence-electron chi connectivity index (χ1n) is 7.25. The van der Waals surface area contributed by atoms with Gasteiger partial charge in [0.25, 0.3) is 0 Å². The van der Waals surface area contributed by atoms with Crippen molar-refractivity contribution in [3.05, 3.63) is 59.2 Å². The van der Waals surface area contributed by atoms with E-state index in [2.05, 4.69) is 0 Å². The number of fused-ring (bicyclic) bond motifs is 1. The molecule has 1 heterocycles. The van der Waals surface area contributed by atoms with Gasteiger partial charge in [0, 0.05) is 6.04 Å². The summed E-state index contributed by atoms with van der Waals surface area (Å²) < 4.78 is 48.1. The van der Waals surface area contributed by atoms with E-state index in [1.807, 2.05) is 18.2 Å². The molecule has 122 valence electrons. The third kappa shape index (κ3) is 3.59. The zero-order valence-electron chi connectivity index (χ0n) is 12.3. The fourth-order valence-corrected chi connectivity index (χ4v) is 2.49. The number of halogens is 3. The van der Waals surface area contributed by atoms with Gasteiger partial charge in [-0.25, -0.2) is 0 Å². The van der Waals surface area contributed by atoms with Gasteiger partial charge < -0.3 is 15.2 Å². The van der Waals surface area contributed by atoms with Gasteiger partial charge in [0.2, 0.25) is 6.79 Å². The monoisotopic (exact) mass is 323 g/mol. The van der Waals surface area contributed by atoms with E-state index in [0.29, 0.717) is 24.3 Å². The molecule has 1 unspecified atom stereocenters. The molecule has 0 bridgehead atoms. The lowest BCUT2D eigenvalue weighted by molar-refractivity contribution is -0.137. The summed E-state index contributed by atoms with van der Waals surface area (Å²) in [5.41, 5.74) is 7.27. The van der Waals surface area contributed by atoms with E-state index in [-0.39, 0.29) is 12.8 Å². The van der Waals surface area contributed by atoms with Gasteiger partial charge in [0.15, 0.2) is 11.5 Å². The van der Waals surface area contributed by atoms with Crippen molar-refractivity contribution in [3.63, 3.8) is 0 Å². The quantitative estimate of drug-likeness (QED) is 0.922. The Morgan fingerprint density at radius 3 is 2.39 bits per heavy atom. The van der Waals surface area contributed by atoms with Crippen LogP contribution in [0.4, 0.5) is 13.2 Å². The van der Waals surface area contributed by atoms with Crippen molar-refractivity contribution < 1.29 is 22.6 Å². The number of benzene rings is 2. The standard InChI is InChI=1S/C17H16F3NO2/c18-17(19,20)13-5-1-11(2-6-13)3-7-14(21)12-4-8-15-16(9-12)23-10-22-15/h1-2,4-6,8-9,14H,3,7,10,21H2. The molecule has 6 heteroatoms. The molecule has 0 spiro atoms. The number of alkyl halides is 3. The second-order valence-corrected chi connectivity index (χ2v) is 5.45. The van der Waals surface area contributed by atoms with Crippen molar-refractivity contribution in [1.29, 1.82) is 0 Å². The highest BCUT2D eigenvalue weighted by molar-refractivity contribution is 5.45. The maximum Gasteiger partial charge on any atom is 0.416 e. The Balaban J connectivity index is 1.61. The van der Waals surface area contributed by atoms with Crippen LogP contribution in [-0.4, -0.2) is 6.79 Å². The summed E-state index contributed by atoms with van der Waals surface area (Å²) >= 11 is 0. The van der Waals surface area contributed by atoms with Crippen LogP contribution in [0, 0.1) is 0 Å². The molecule has 1 aliphatic rings. The van der Waals surface area contributed by atoms with E-state index < -0.39 is 11.7 Å². The third-order valence-electron chi connectivity index (χ3n) is 3.85. The van der Waals surface area contributed by atoms with E-state index in [0.717, 1.165) is 23.3 Å². The maximum atomic E-state index is 12.5. The highest BCUT2D eigenvalue weighted by Gasteiger charge is 2.29. The zero-order chi connectivity index (χ0) is 16.4. The summed E-state index contributed by atoms with van der Waals surface area (Å²) in [7, 11) is 0. The number of ether oxygens (including phenoxy) is 2. The Morgan fingerprint density at radius 1 is 1.00 bits per heavy atom. The summed E-state index contributed by atoms with van der Waals surface area (Å²) in [5.74, 6) is 1.37. The lowest BCUT2D eigenvalue weighted by Gasteiger charge is -2.13. The second-order valence-electron chi connectivity index (χ2n) is 5.45. The van der Waals surface area contributed by atoms with Crippen LogP contribution in [-0.2, 0) is 12.6 Å². The molecule has 2 aromatic carbocycles. The van der Waals surface area contributed by atoms with Crippen LogP contribution in [0.2, 0.25) is 0 Å². The van der Waals surface area contributed by atoms with Gasteiger partial charge in [-0.2, -0.15) is 13.2 Å². The molecule has 3 nitrogen and oxygen atoms in total. The normalized spacial score (nSPS) is 14.8. The first-order valence-corrected chi connectivity index (χ1v) is 7.25. The summed E-state index contributed by atoms with van der Waals surface area (Å²) in [6.07, 6.45) is -3.07. The molecule has 0 aliphatic carbocycles. The molecule has 1 aliphatic heterocycles. The fraction of sp³-hybridized carbons (Fsp3) is 0.294. The number of hydrogen-bond donors (Lipinski definition) is 1.